The predicted octanol–water partition coefficient (Wildman–Crippen LogP) is 3.94. The van der Waals surface area contributed by atoms with Crippen molar-refractivity contribution < 1.29 is 4.39 Å². The number of hydrogen-bond donors (Lipinski definition) is 1. The summed E-state index contributed by atoms with van der Waals surface area (Å²) >= 11 is 0. The minimum atomic E-state index is -0.126. The fourth-order valence-electron chi connectivity index (χ4n) is 3.31. The molecule has 0 radical (unpaired) electrons. The number of benzene rings is 1. The quantitative estimate of drug-likeness (QED) is 0.852. The molecule has 0 heterocycles. The van der Waals surface area contributed by atoms with E-state index in [1.807, 2.05) is 13.0 Å². The largest absolute Gasteiger partial charge is 0.314 e. The molecule has 0 aliphatic heterocycles. The van der Waals surface area contributed by atoms with Crippen molar-refractivity contribution in [3.63, 3.8) is 0 Å². The molecule has 1 saturated carbocycles. The molecule has 1 fully saturated rings. The minimum absolute atomic E-state index is 0.126. The first kappa shape index (κ1) is 13.5. The van der Waals surface area contributed by atoms with Crippen molar-refractivity contribution in [2.75, 3.05) is 6.54 Å². The number of aryl methyl sites for hydroxylation is 1. The fraction of sp³-hybridized carbons (Fsp3) is 0.625. The highest BCUT2D eigenvalue weighted by Gasteiger charge is 2.36. The normalized spacial score (nSPS) is 27.7. The topological polar surface area (TPSA) is 12.0 Å². The summed E-state index contributed by atoms with van der Waals surface area (Å²) in [6.45, 7) is 7.64. The number of halogens is 1. The van der Waals surface area contributed by atoms with E-state index < -0.39 is 0 Å². The van der Waals surface area contributed by atoms with Crippen molar-refractivity contribution in [3.05, 3.63) is 35.1 Å². The Morgan fingerprint density at radius 2 is 2.22 bits per heavy atom. The maximum Gasteiger partial charge on any atom is 0.123 e. The molecule has 2 atom stereocenters. The summed E-state index contributed by atoms with van der Waals surface area (Å²) in [4.78, 5) is 0. The lowest BCUT2D eigenvalue weighted by Crippen LogP contribution is -2.29. The zero-order valence-corrected chi connectivity index (χ0v) is 11.7. The van der Waals surface area contributed by atoms with Gasteiger partial charge < -0.3 is 5.32 Å². The maximum atomic E-state index is 13.2. The van der Waals surface area contributed by atoms with E-state index in [9.17, 15) is 4.39 Å². The lowest BCUT2D eigenvalue weighted by molar-refractivity contribution is 0.450. The monoisotopic (exact) mass is 249 g/mol. The fourth-order valence-corrected chi connectivity index (χ4v) is 3.31. The first-order valence-corrected chi connectivity index (χ1v) is 7.05. The van der Waals surface area contributed by atoms with E-state index in [0.717, 1.165) is 12.1 Å². The minimum Gasteiger partial charge on any atom is -0.314 e. The van der Waals surface area contributed by atoms with Crippen LogP contribution in [0, 0.1) is 12.7 Å². The molecule has 100 valence electrons. The van der Waals surface area contributed by atoms with Gasteiger partial charge in [-0.05, 0) is 67.8 Å². The van der Waals surface area contributed by atoms with Crippen molar-refractivity contribution in [3.8, 4) is 0 Å². The number of rotatable bonds is 4. The Balaban J connectivity index is 2.12. The van der Waals surface area contributed by atoms with Crippen LogP contribution in [0.25, 0.3) is 0 Å². The van der Waals surface area contributed by atoms with Gasteiger partial charge in [0.25, 0.3) is 0 Å². The predicted molar refractivity (Wildman–Crippen MR) is 74.4 cm³/mol. The molecule has 18 heavy (non-hydrogen) atoms. The maximum absolute atomic E-state index is 13.2. The molecule has 1 nitrogen and oxygen atoms in total. The zero-order chi connectivity index (χ0) is 13.2. The summed E-state index contributed by atoms with van der Waals surface area (Å²) in [5.74, 6) is -0.126. The Hall–Kier alpha value is -0.890. The van der Waals surface area contributed by atoms with Crippen molar-refractivity contribution in [2.24, 2.45) is 0 Å². The molecule has 2 heteroatoms. The van der Waals surface area contributed by atoms with Crippen LogP contribution in [0.15, 0.2) is 18.2 Å². The first-order chi connectivity index (χ1) is 8.55. The third-order valence-corrected chi connectivity index (χ3v) is 4.26. The molecular weight excluding hydrogens is 225 g/mol. The Morgan fingerprint density at radius 3 is 2.89 bits per heavy atom. The first-order valence-electron chi connectivity index (χ1n) is 7.05. The van der Waals surface area contributed by atoms with Crippen LogP contribution >= 0.6 is 0 Å². The van der Waals surface area contributed by atoms with Crippen LogP contribution in [-0.2, 0) is 5.41 Å². The van der Waals surface area contributed by atoms with Gasteiger partial charge in [-0.2, -0.15) is 0 Å². The van der Waals surface area contributed by atoms with Gasteiger partial charge in [-0.25, -0.2) is 4.39 Å². The van der Waals surface area contributed by atoms with Crippen molar-refractivity contribution in [1.82, 2.24) is 5.32 Å². The molecule has 0 spiro atoms. The smallest absolute Gasteiger partial charge is 0.123 e. The summed E-state index contributed by atoms with van der Waals surface area (Å²) < 4.78 is 13.2. The van der Waals surface area contributed by atoms with Gasteiger partial charge in [0.15, 0.2) is 0 Å². The van der Waals surface area contributed by atoms with Crippen molar-refractivity contribution in [1.29, 1.82) is 0 Å². The molecule has 2 rings (SSSR count). The molecule has 1 aliphatic rings. The molecule has 1 aromatic carbocycles. The van der Waals surface area contributed by atoms with Crippen molar-refractivity contribution in [2.45, 2.75) is 57.9 Å². The van der Waals surface area contributed by atoms with E-state index in [2.05, 4.69) is 19.2 Å². The molecule has 0 bridgehead atoms. The molecule has 1 N–H and O–H groups in total. The van der Waals surface area contributed by atoms with E-state index in [1.165, 1.54) is 31.2 Å². The van der Waals surface area contributed by atoms with Crippen LogP contribution in [0.5, 0.6) is 0 Å². The Labute approximate surface area is 110 Å². The van der Waals surface area contributed by atoms with Gasteiger partial charge in [0, 0.05) is 6.04 Å². The standard InChI is InChI=1S/C16H24FN/c1-4-9-18-14-7-8-16(3,11-14)15-6-5-13(17)10-12(15)2/h5-6,10,14,18H,4,7-9,11H2,1-3H3. The highest BCUT2D eigenvalue weighted by molar-refractivity contribution is 5.34. The summed E-state index contributed by atoms with van der Waals surface area (Å²) in [7, 11) is 0. The molecule has 0 amide bonds. The third kappa shape index (κ3) is 2.74. The van der Waals surface area contributed by atoms with Crippen LogP contribution in [0.3, 0.4) is 0 Å². The summed E-state index contributed by atoms with van der Waals surface area (Å²) in [5, 5.41) is 3.61. The molecule has 0 saturated heterocycles. The van der Waals surface area contributed by atoms with E-state index in [1.54, 1.807) is 12.1 Å². The van der Waals surface area contributed by atoms with E-state index >= 15 is 0 Å². The summed E-state index contributed by atoms with van der Waals surface area (Å²) in [5.41, 5.74) is 2.63. The van der Waals surface area contributed by atoms with Gasteiger partial charge in [0.05, 0.1) is 0 Å². The van der Waals surface area contributed by atoms with E-state index in [4.69, 9.17) is 0 Å². The van der Waals surface area contributed by atoms with Gasteiger partial charge in [-0.15, -0.1) is 0 Å². The van der Waals surface area contributed by atoms with Gasteiger partial charge in [-0.1, -0.05) is 19.9 Å². The lowest BCUT2D eigenvalue weighted by atomic mass is 9.78. The molecule has 1 aromatic rings. The van der Waals surface area contributed by atoms with Gasteiger partial charge in [0.2, 0.25) is 0 Å². The SMILES string of the molecule is CCCNC1CCC(C)(c2ccc(F)cc2C)C1. The van der Waals surface area contributed by atoms with Crippen LogP contribution in [0.4, 0.5) is 4.39 Å². The second-order valence-corrected chi connectivity index (χ2v) is 5.91. The molecule has 1 aliphatic carbocycles. The second-order valence-electron chi connectivity index (χ2n) is 5.91. The van der Waals surface area contributed by atoms with Gasteiger partial charge in [0.1, 0.15) is 5.82 Å². The Morgan fingerprint density at radius 1 is 1.44 bits per heavy atom. The second kappa shape index (κ2) is 5.40. The van der Waals surface area contributed by atoms with E-state index in [-0.39, 0.29) is 11.2 Å². The highest BCUT2D eigenvalue weighted by Crippen LogP contribution is 2.42. The van der Waals surface area contributed by atoms with Crippen LogP contribution in [0.1, 0.15) is 50.7 Å². The highest BCUT2D eigenvalue weighted by atomic mass is 19.1. The number of nitrogens with one attached hydrogen (secondary N) is 1. The molecule has 2 unspecified atom stereocenters. The summed E-state index contributed by atoms with van der Waals surface area (Å²) in [6.07, 6.45) is 4.77. The van der Waals surface area contributed by atoms with Crippen LogP contribution in [0.2, 0.25) is 0 Å². The van der Waals surface area contributed by atoms with Crippen LogP contribution < -0.4 is 5.32 Å². The average molecular weight is 249 g/mol. The van der Waals surface area contributed by atoms with Gasteiger partial charge >= 0.3 is 0 Å². The third-order valence-electron chi connectivity index (χ3n) is 4.26. The average Bonchev–Trinajstić information content (AvgIpc) is 2.69. The Kier molecular flexibility index (Phi) is 4.06. The van der Waals surface area contributed by atoms with Gasteiger partial charge in [-0.3, -0.25) is 0 Å². The lowest BCUT2D eigenvalue weighted by Gasteiger charge is -2.27. The molecule has 0 aromatic heterocycles. The van der Waals surface area contributed by atoms with E-state index in [0.29, 0.717) is 6.04 Å². The number of hydrogen-bond acceptors (Lipinski definition) is 1. The zero-order valence-electron chi connectivity index (χ0n) is 11.7. The summed E-state index contributed by atoms with van der Waals surface area (Å²) in [6, 6.07) is 5.86. The Bertz CT molecular complexity index is 416. The van der Waals surface area contributed by atoms with Crippen LogP contribution in [-0.4, -0.2) is 12.6 Å². The van der Waals surface area contributed by atoms with Crippen molar-refractivity contribution >= 4 is 0 Å². The molecular formula is C16H24FN.